The molecular weight excluding hydrogens is 363 g/mol. The fourth-order valence-corrected chi connectivity index (χ4v) is 4.50. The molecule has 0 aromatic heterocycles. The Balaban J connectivity index is 1.79. The van der Waals surface area contributed by atoms with Gasteiger partial charge in [0.25, 0.3) is 5.91 Å². The Morgan fingerprint density at radius 2 is 1.92 bits per heavy atom. The normalized spacial score (nSPS) is 17.0. The Hall–Kier alpha value is -1.90. The van der Waals surface area contributed by atoms with Crippen LogP contribution < -0.4 is 10.0 Å². The van der Waals surface area contributed by atoms with Gasteiger partial charge >= 0.3 is 0 Å². The molecule has 0 saturated carbocycles. The summed E-state index contributed by atoms with van der Waals surface area (Å²) in [4.78, 5) is 13.5. The summed E-state index contributed by atoms with van der Waals surface area (Å²) in [6, 6.07) is 10.0. The number of fused-ring (bicyclic) bond motifs is 1. The Morgan fingerprint density at radius 3 is 2.60 bits per heavy atom. The number of amides is 1. The smallest absolute Gasteiger partial charge is 0.251 e. The maximum Gasteiger partial charge on any atom is 0.251 e. The first-order valence-electron chi connectivity index (χ1n) is 7.67. The van der Waals surface area contributed by atoms with Gasteiger partial charge in [0.2, 0.25) is 10.0 Å². The number of benzene rings is 2. The largest absolute Gasteiger partial charge is 0.345 e. The third-order valence-corrected chi connectivity index (χ3v) is 6.57. The van der Waals surface area contributed by atoms with Gasteiger partial charge in [0.15, 0.2) is 0 Å². The maximum atomic E-state index is 13.5. The van der Waals surface area contributed by atoms with Crippen LogP contribution in [0.3, 0.4) is 0 Å². The topological polar surface area (TPSA) is 75.3 Å². The number of thioether (sulfide) groups is 1. The zero-order valence-corrected chi connectivity index (χ0v) is 15.1. The van der Waals surface area contributed by atoms with E-state index in [9.17, 15) is 17.6 Å². The summed E-state index contributed by atoms with van der Waals surface area (Å²) in [5, 5.41) is 2.91. The van der Waals surface area contributed by atoms with Crippen molar-refractivity contribution in [1.82, 2.24) is 10.0 Å². The van der Waals surface area contributed by atoms with Gasteiger partial charge in [-0.05, 0) is 61.5 Å². The molecule has 1 atom stereocenters. The van der Waals surface area contributed by atoms with Crippen LogP contribution in [-0.2, 0) is 10.0 Å². The highest BCUT2D eigenvalue weighted by Crippen LogP contribution is 2.36. The molecule has 8 heteroatoms. The van der Waals surface area contributed by atoms with Crippen molar-refractivity contribution in [2.24, 2.45) is 0 Å². The van der Waals surface area contributed by atoms with Gasteiger partial charge in [0.05, 0.1) is 10.9 Å². The molecular formula is C17H17FN2O3S2. The van der Waals surface area contributed by atoms with E-state index in [2.05, 4.69) is 10.0 Å². The van der Waals surface area contributed by atoms with Crippen LogP contribution in [0, 0.1) is 5.82 Å². The van der Waals surface area contributed by atoms with Gasteiger partial charge in [-0.3, -0.25) is 4.79 Å². The first kappa shape index (κ1) is 17.9. The van der Waals surface area contributed by atoms with E-state index in [-0.39, 0.29) is 22.7 Å². The summed E-state index contributed by atoms with van der Waals surface area (Å²) >= 11 is 1.64. The number of carbonyl (C=O) groups is 1. The minimum Gasteiger partial charge on any atom is -0.345 e. The van der Waals surface area contributed by atoms with Gasteiger partial charge in [-0.1, -0.05) is 0 Å². The van der Waals surface area contributed by atoms with Gasteiger partial charge < -0.3 is 5.32 Å². The molecule has 0 saturated heterocycles. The fourth-order valence-electron chi connectivity index (χ4n) is 2.66. The van der Waals surface area contributed by atoms with Crippen molar-refractivity contribution >= 4 is 27.7 Å². The van der Waals surface area contributed by atoms with Crippen molar-refractivity contribution in [2.75, 3.05) is 12.8 Å². The van der Waals surface area contributed by atoms with E-state index in [0.29, 0.717) is 12.0 Å². The molecule has 132 valence electrons. The molecule has 5 nitrogen and oxygen atoms in total. The lowest BCUT2D eigenvalue weighted by Gasteiger charge is -2.26. The predicted octanol–water partition coefficient (Wildman–Crippen LogP) is 2.70. The molecule has 0 fully saturated rings. The molecule has 1 aliphatic heterocycles. The van der Waals surface area contributed by atoms with Crippen molar-refractivity contribution in [3.63, 3.8) is 0 Å². The minimum absolute atomic E-state index is 0.0908. The second-order valence-electron chi connectivity index (χ2n) is 5.58. The molecule has 0 radical (unpaired) electrons. The first-order chi connectivity index (χ1) is 11.9. The van der Waals surface area contributed by atoms with E-state index < -0.39 is 10.0 Å². The Bertz CT molecular complexity index is 899. The molecule has 0 bridgehead atoms. The summed E-state index contributed by atoms with van der Waals surface area (Å²) < 4.78 is 39.2. The number of hydrogen-bond acceptors (Lipinski definition) is 4. The van der Waals surface area contributed by atoms with Gasteiger partial charge in [-0.15, -0.1) is 11.8 Å². The van der Waals surface area contributed by atoms with Crippen LogP contribution in [0.25, 0.3) is 0 Å². The van der Waals surface area contributed by atoms with Gasteiger partial charge in [0, 0.05) is 16.2 Å². The molecule has 2 aromatic rings. The SMILES string of the molecule is CNS(=O)(=O)c1ccc(C(=O)N[C@H]2CCSc3ccc(F)cc32)cc1. The standard InChI is InChI=1S/C17H17FN2O3S2/c1-19-25(22,23)13-5-2-11(3-6-13)17(21)20-15-8-9-24-16-7-4-12(18)10-14(15)16/h2-7,10,15,19H,8-9H2,1H3,(H,20,21)/t15-/m0/s1. The molecule has 25 heavy (non-hydrogen) atoms. The first-order valence-corrected chi connectivity index (χ1v) is 10.1. The zero-order valence-electron chi connectivity index (χ0n) is 13.5. The van der Waals surface area contributed by atoms with Crippen LogP contribution in [0.4, 0.5) is 4.39 Å². The molecule has 0 spiro atoms. The summed E-state index contributed by atoms with van der Waals surface area (Å²) in [6.07, 6.45) is 0.707. The van der Waals surface area contributed by atoms with E-state index in [1.165, 1.54) is 43.4 Å². The second-order valence-corrected chi connectivity index (χ2v) is 8.60. The lowest BCUT2D eigenvalue weighted by Crippen LogP contribution is -2.30. The number of sulfonamides is 1. The van der Waals surface area contributed by atoms with Crippen molar-refractivity contribution in [3.05, 3.63) is 59.4 Å². The predicted molar refractivity (Wildman–Crippen MR) is 94.6 cm³/mol. The summed E-state index contributed by atoms with van der Waals surface area (Å²) in [7, 11) is -2.21. The lowest BCUT2D eigenvalue weighted by atomic mass is 10.0. The van der Waals surface area contributed by atoms with Crippen molar-refractivity contribution < 1.29 is 17.6 Å². The third-order valence-electron chi connectivity index (χ3n) is 4.01. The molecule has 1 aliphatic rings. The highest BCUT2D eigenvalue weighted by atomic mass is 32.2. The molecule has 3 rings (SSSR count). The average Bonchev–Trinajstić information content (AvgIpc) is 2.62. The van der Waals surface area contributed by atoms with Crippen LogP contribution in [0.5, 0.6) is 0 Å². The van der Waals surface area contributed by atoms with E-state index in [1.54, 1.807) is 17.8 Å². The van der Waals surface area contributed by atoms with Crippen molar-refractivity contribution in [1.29, 1.82) is 0 Å². The third kappa shape index (κ3) is 3.86. The minimum atomic E-state index is -3.54. The molecule has 1 amide bonds. The number of nitrogens with one attached hydrogen (secondary N) is 2. The number of hydrogen-bond donors (Lipinski definition) is 2. The second kappa shape index (κ2) is 7.15. The number of halogens is 1. The molecule has 1 heterocycles. The van der Waals surface area contributed by atoms with Crippen LogP contribution in [0.2, 0.25) is 0 Å². The highest BCUT2D eigenvalue weighted by Gasteiger charge is 2.23. The van der Waals surface area contributed by atoms with Gasteiger partial charge in [-0.25, -0.2) is 17.5 Å². The van der Waals surface area contributed by atoms with Crippen LogP contribution in [-0.4, -0.2) is 27.1 Å². The van der Waals surface area contributed by atoms with E-state index in [1.807, 2.05) is 0 Å². The number of rotatable bonds is 4. The van der Waals surface area contributed by atoms with E-state index in [0.717, 1.165) is 16.2 Å². The van der Waals surface area contributed by atoms with E-state index >= 15 is 0 Å². The van der Waals surface area contributed by atoms with Crippen LogP contribution >= 0.6 is 11.8 Å². The summed E-state index contributed by atoms with van der Waals surface area (Å²) in [5.41, 5.74) is 1.13. The molecule has 0 aliphatic carbocycles. The Morgan fingerprint density at radius 1 is 1.20 bits per heavy atom. The van der Waals surface area contributed by atoms with E-state index in [4.69, 9.17) is 0 Å². The Labute approximate surface area is 150 Å². The number of carbonyl (C=O) groups excluding carboxylic acids is 1. The maximum absolute atomic E-state index is 13.5. The van der Waals surface area contributed by atoms with Gasteiger partial charge in [0.1, 0.15) is 5.82 Å². The highest BCUT2D eigenvalue weighted by molar-refractivity contribution is 7.99. The van der Waals surface area contributed by atoms with Crippen LogP contribution in [0.1, 0.15) is 28.4 Å². The molecule has 2 aromatic carbocycles. The summed E-state index contributed by atoms with van der Waals surface area (Å²) in [5.74, 6) is 0.186. The summed E-state index contributed by atoms with van der Waals surface area (Å²) in [6.45, 7) is 0. The zero-order chi connectivity index (χ0) is 18.0. The van der Waals surface area contributed by atoms with Crippen molar-refractivity contribution in [2.45, 2.75) is 22.3 Å². The molecule has 0 unspecified atom stereocenters. The van der Waals surface area contributed by atoms with Gasteiger partial charge in [-0.2, -0.15) is 0 Å². The average molecular weight is 380 g/mol. The molecule has 2 N–H and O–H groups in total. The fraction of sp³-hybridized carbons (Fsp3) is 0.235. The van der Waals surface area contributed by atoms with Crippen molar-refractivity contribution in [3.8, 4) is 0 Å². The Kier molecular flexibility index (Phi) is 5.12. The quantitative estimate of drug-likeness (QED) is 0.855. The van der Waals surface area contributed by atoms with Crippen LogP contribution in [0.15, 0.2) is 52.3 Å². The monoisotopic (exact) mass is 380 g/mol. The lowest BCUT2D eigenvalue weighted by molar-refractivity contribution is 0.0934.